The fourth-order valence-corrected chi connectivity index (χ4v) is 2.59. The molecular formula is C16H19ClN4S. The average molecular weight is 335 g/mol. The third kappa shape index (κ3) is 3.87. The van der Waals surface area contributed by atoms with E-state index in [2.05, 4.69) is 40.3 Å². The van der Waals surface area contributed by atoms with Crippen LogP contribution in [0.4, 0.5) is 0 Å². The van der Waals surface area contributed by atoms with Gasteiger partial charge in [-0.25, -0.2) is 0 Å². The molecule has 0 aliphatic rings. The zero-order valence-electron chi connectivity index (χ0n) is 12.9. The van der Waals surface area contributed by atoms with Crippen molar-refractivity contribution in [2.45, 2.75) is 20.8 Å². The lowest BCUT2D eigenvalue weighted by Gasteiger charge is -2.09. The fourth-order valence-electron chi connectivity index (χ4n) is 2.27. The van der Waals surface area contributed by atoms with E-state index < -0.39 is 0 Å². The zero-order valence-corrected chi connectivity index (χ0v) is 14.4. The second kappa shape index (κ2) is 7.42. The molecule has 1 aromatic carbocycles. The quantitative estimate of drug-likeness (QED) is 0.510. The Balaban J connectivity index is 2.22. The lowest BCUT2D eigenvalue weighted by molar-refractivity contribution is 0.903. The third-order valence-corrected chi connectivity index (χ3v) is 3.75. The van der Waals surface area contributed by atoms with Gasteiger partial charge in [0, 0.05) is 34.2 Å². The van der Waals surface area contributed by atoms with Crippen LogP contribution in [0.5, 0.6) is 0 Å². The van der Waals surface area contributed by atoms with Crippen LogP contribution in [-0.2, 0) is 0 Å². The number of hydrogen-bond acceptors (Lipinski definition) is 2. The first-order valence-electron chi connectivity index (χ1n) is 7.04. The van der Waals surface area contributed by atoms with Crippen molar-refractivity contribution in [2.75, 3.05) is 6.54 Å². The van der Waals surface area contributed by atoms with Crippen molar-refractivity contribution in [3.8, 4) is 5.69 Å². The van der Waals surface area contributed by atoms with Crippen LogP contribution in [0.1, 0.15) is 23.9 Å². The Morgan fingerprint density at radius 1 is 1.32 bits per heavy atom. The van der Waals surface area contributed by atoms with Crippen LogP contribution in [0, 0.1) is 13.8 Å². The van der Waals surface area contributed by atoms with E-state index in [1.165, 1.54) is 0 Å². The van der Waals surface area contributed by atoms with Crippen molar-refractivity contribution >= 4 is 35.1 Å². The molecule has 0 atom stereocenters. The Bertz CT molecular complexity index is 689. The van der Waals surface area contributed by atoms with Crippen molar-refractivity contribution in [3.05, 3.63) is 52.3 Å². The Labute approximate surface area is 141 Å². The van der Waals surface area contributed by atoms with Crippen LogP contribution >= 0.6 is 23.8 Å². The summed E-state index contributed by atoms with van der Waals surface area (Å²) in [5, 5.41) is 8.40. The fraction of sp³-hybridized carbons (Fsp3) is 0.250. The molecule has 2 rings (SSSR count). The average Bonchev–Trinajstić information content (AvgIpc) is 2.75. The molecule has 2 N–H and O–H groups in total. The van der Waals surface area contributed by atoms with Crippen LogP contribution < -0.4 is 10.7 Å². The van der Waals surface area contributed by atoms with Crippen LogP contribution in [0.25, 0.3) is 5.69 Å². The molecule has 0 fully saturated rings. The van der Waals surface area contributed by atoms with Gasteiger partial charge in [-0.2, -0.15) is 5.10 Å². The van der Waals surface area contributed by atoms with Crippen LogP contribution in [-0.4, -0.2) is 22.4 Å². The lowest BCUT2D eigenvalue weighted by Crippen LogP contribution is -2.31. The van der Waals surface area contributed by atoms with Crippen molar-refractivity contribution in [2.24, 2.45) is 5.10 Å². The number of aryl methyl sites for hydroxylation is 1. The maximum Gasteiger partial charge on any atom is 0.186 e. The highest BCUT2D eigenvalue weighted by molar-refractivity contribution is 7.80. The highest BCUT2D eigenvalue weighted by Gasteiger charge is 2.09. The molecule has 0 amide bonds. The van der Waals surface area contributed by atoms with Gasteiger partial charge in [0.25, 0.3) is 0 Å². The molecule has 1 aromatic heterocycles. The normalized spacial score (nSPS) is 10.9. The molecule has 1 heterocycles. The smallest absolute Gasteiger partial charge is 0.186 e. The SMILES string of the molecule is CCNC(=S)N/N=C\c1cc(C)n(-c2ccc(Cl)cc2)c1C. The minimum atomic E-state index is 0.519. The molecule has 0 unspecified atom stereocenters. The van der Waals surface area contributed by atoms with Crippen LogP contribution in [0.3, 0.4) is 0 Å². The lowest BCUT2D eigenvalue weighted by atomic mass is 10.2. The van der Waals surface area contributed by atoms with Gasteiger partial charge < -0.3 is 9.88 Å². The number of benzene rings is 1. The van der Waals surface area contributed by atoms with E-state index in [0.717, 1.165) is 34.2 Å². The van der Waals surface area contributed by atoms with Gasteiger partial charge in [0.1, 0.15) is 0 Å². The molecule has 4 nitrogen and oxygen atoms in total. The molecule has 0 saturated heterocycles. The second-order valence-corrected chi connectivity index (χ2v) is 5.71. The van der Waals surface area contributed by atoms with Gasteiger partial charge in [0.2, 0.25) is 0 Å². The van der Waals surface area contributed by atoms with E-state index in [-0.39, 0.29) is 0 Å². The molecule has 0 saturated carbocycles. The van der Waals surface area contributed by atoms with E-state index in [1.54, 1.807) is 6.21 Å². The number of rotatable bonds is 4. The minimum absolute atomic E-state index is 0.519. The summed E-state index contributed by atoms with van der Waals surface area (Å²) in [6, 6.07) is 9.87. The van der Waals surface area contributed by atoms with Crippen molar-refractivity contribution in [1.29, 1.82) is 0 Å². The molecule has 22 heavy (non-hydrogen) atoms. The van der Waals surface area contributed by atoms with Gasteiger partial charge in [0.05, 0.1) is 6.21 Å². The highest BCUT2D eigenvalue weighted by Crippen LogP contribution is 2.21. The zero-order chi connectivity index (χ0) is 16.1. The van der Waals surface area contributed by atoms with E-state index in [0.29, 0.717) is 5.11 Å². The van der Waals surface area contributed by atoms with Crippen molar-refractivity contribution < 1.29 is 0 Å². The summed E-state index contributed by atoms with van der Waals surface area (Å²) in [6.45, 7) is 6.88. The highest BCUT2D eigenvalue weighted by atomic mass is 35.5. The van der Waals surface area contributed by atoms with Gasteiger partial charge >= 0.3 is 0 Å². The number of hydrazone groups is 1. The predicted molar refractivity (Wildman–Crippen MR) is 97.3 cm³/mol. The molecule has 0 aliphatic heterocycles. The summed E-state index contributed by atoms with van der Waals surface area (Å²) in [7, 11) is 0. The number of nitrogens with one attached hydrogen (secondary N) is 2. The maximum absolute atomic E-state index is 5.95. The topological polar surface area (TPSA) is 41.4 Å². The summed E-state index contributed by atoms with van der Waals surface area (Å²) in [4.78, 5) is 0. The van der Waals surface area contributed by atoms with Crippen LogP contribution in [0.2, 0.25) is 5.02 Å². The molecule has 0 spiro atoms. The van der Waals surface area contributed by atoms with Gasteiger partial charge in [-0.3, -0.25) is 5.43 Å². The Morgan fingerprint density at radius 2 is 2.00 bits per heavy atom. The Kier molecular flexibility index (Phi) is 5.57. The molecule has 2 aromatic rings. The molecular weight excluding hydrogens is 316 g/mol. The minimum Gasteiger partial charge on any atom is -0.362 e. The van der Waals surface area contributed by atoms with Crippen molar-refractivity contribution in [1.82, 2.24) is 15.3 Å². The monoisotopic (exact) mass is 334 g/mol. The van der Waals surface area contributed by atoms with Gasteiger partial charge in [-0.05, 0) is 63.3 Å². The summed E-state index contributed by atoms with van der Waals surface area (Å²) in [6.07, 6.45) is 1.78. The first-order chi connectivity index (χ1) is 10.5. The molecule has 0 radical (unpaired) electrons. The number of thiocarbonyl (C=S) groups is 1. The van der Waals surface area contributed by atoms with Gasteiger partial charge in [-0.15, -0.1) is 0 Å². The largest absolute Gasteiger partial charge is 0.362 e. The predicted octanol–water partition coefficient (Wildman–Crippen LogP) is 3.57. The number of nitrogens with zero attached hydrogens (tertiary/aromatic N) is 2. The molecule has 0 aliphatic carbocycles. The summed E-state index contributed by atoms with van der Waals surface area (Å²) in [5.74, 6) is 0. The van der Waals surface area contributed by atoms with Crippen molar-refractivity contribution in [3.63, 3.8) is 0 Å². The van der Waals surface area contributed by atoms with E-state index in [9.17, 15) is 0 Å². The molecule has 116 valence electrons. The molecule has 0 bridgehead atoms. The molecule has 6 heteroatoms. The number of aromatic nitrogens is 1. The second-order valence-electron chi connectivity index (χ2n) is 4.87. The van der Waals surface area contributed by atoms with E-state index in [1.807, 2.05) is 31.2 Å². The third-order valence-electron chi connectivity index (χ3n) is 3.26. The van der Waals surface area contributed by atoms with Crippen LogP contribution in [0.15, 0.2) is 35.4 Å². The Morgan fingerprint density at radius 3 is 2.64 bits per heavy atom. The number of halogens is 1. The first kappa shape index (κ1) is 16.5. The Hall–Kier alpha value is -1.85. The maximum atomic E-state index is 5.95. The van der Waals surface area contributed by atoms with E-state index >= 15 is 0 Å². The van der Waals surface area contributed by atoms with E-state index in [4.69, 9.17) is 23.8 Å². The summed E-state index contributed by atoms with van der Waals surface area (Å²) >= 11 is 11.0. The number of hydrogen-bond donors (Lipinski definition) is 2. The first-order valence-corrected chi connectivity index (χ1v) is 7.83. The standard InChI is InChI=1S/C16H19ClN4S/c1-4-18-16(22)20-19-10-13-9-11(2)21(12(13)3)15-7-5-14(17)6-8-15/h5-10H,4H2,1-3H3,(H2,18,20,22)/b19-10-. The van der Waals surface area contributed by atoms with Gasteiger partial charge in [-0.1, -0.05) is 11.6 Å². The summed E-state index contributed by atoms with van der Waals surface area (Å²) < 4.78 is 2.17. The van der Waals surface area contributed by atoms with Gasteiger partial charge in [0.15, 0.2) is 5.11 Å². The summed E-state index contributed by atoms with van der Waals surface area (Å²) in [5.41, 5.74) is 7.16.